The van der Waals surface area contributed by atoms with Crippen molar-refractivity contribution in [3.05, 3.63) is 56.6 Å². The Morgan fingerprint density at radius 2 is 1.79 bits per heavy atom. The van der Waals surface area contributed by atoms with Gasteiger partial charge in [0.15, 0.2) is 5.75 Å². The minimum absolute atomic E-state index is 0.0134. The third kappa shape index (κ3) is 5.02. The molecule has 0 fully saturated rings. The Bertz CT molecular complexity index is 1040. The topological polar surface area (TPSA) is 120 Å². The molecular formula is C19H23N3O6S. The molecule has 0 radical (unpaired) electrons. The zero-order valence-electron chi connectivity index (χ0n) is 16.8. The van der Waals surface area contributed by atoms with Crippen molar-refractivity contribution >= 4 is 21.9 Å². The van der Waals surface area contributed by atoms with Crippen molar-refractivity contribution in [3.8, 4) is 11.5 Å². The van der Waals surface area contributed by atoms with Crippen LogP contribution in [0.4, 0.5) is 5.69 Å². The number of rotatable bonds is 8. The second-order valence-electron chi connectivity index (χ2n) is 6.34. The van der Waals surface area contributed by atoms with Gasteiger partial charge in [-0.3, -0.25) is 10.1 Å². The summed E-state index contributed by atoms with van der Waals surface area (Å²) in [5.74, 6) is 0.152. The smallest absolute Gasteiger partial charge is 0.315 e. The summed E-state index contributed by atoms with van der Waals surface area (Å²) in [6.07, 6.45) is 1.17. The van der Waals surface area contributed by atoms with E-state index in [2.05, 4.69) is 9.93 Å². The van der Waals surface area contributed by atoms with Gasteiger partial charge >= 0.3 is 5.69 Å². The first kappa shape index (κ1) is 22.2. The predicted octanol–water partition coefficient (Wildman–Crippen LogP) is 3.24. The molecule has 156 valence electrons. The summed E-state index contributed by atoms with van der Waals surface area (Å²) in [4.78, 5) is 13.0. The van der Waals surface area contributed by atoms with Crippen molar-refractivity contribution in [1.82, 2.24) is 4.83 Å². The summed E-state index contributed by atoms with van der Waals surface area (Å²) in [5.41, 5.74) is 2.12. The first-order valence-electron chi connectivity index (χ1n) is 8.72. The Labute approximate surface area is 169 Å². The molecule has 2 aromatic carbocycles. The van der Waals surface area contributed by atoms with Gasteiger partial charge in [-0.2, -0.15) is 13.5 Å². The largest absolute Gasteiger partial charge is 0.490 e. The lowest BCUT2D eigenvalue weighted by atomic mass is 10.1. The van der Waals surface area contributed by atoms with Gasteiger partial charge in [-0.05, 0) is 44.9 Å². The highest BCUT2D eigenvalue weighted by molar-refractivity contribution is 7.89. The summed E-state index contributed by atoms with van der Waals surface area (Å²) in [6, 6.07) is 6.25. The second kappa shape index (κ2) is 8.91. The van der Waals surface area contributed by atoms with E-state index in [1.165, 1.54) is 25.5 Å². The van der Waals surface area contributed by atoms with E-state index in [1.54, 1.807) is 32.9 Å². The van der Waals surface area contributed by atoms with E-state index in [9.17, 15) is 18.5 Å². The third-order valence-electron chi connectivity index (χ3n) is 4.02. The zero-order chi connectivity index (χ0) is 21.8. The predicted molar refractivity (Wildman–Crippen MR) is 109 cm³/mol. The number of benzene rings is 2. The van der Waals surface area contributed by atoms with Crippen molar-refractivity contribution in [2.75, 3.05) is 13.7 Å². The van der Waals surface area contributed by atoms with Gasteiger partial charge in [0.05, 0.1) is 29.8 Å². The molecule has 0 aliphatic rings. The lowest BCUT2D eigenvalue weighted by Gasteiger charge is -2.12. The maximum Gasteiger partial charge on any atom is 0.315 e. The van der Waals surface area contributed by atoms with Gasteiger partial charge in [0.25, 0.3) is 10.0 Å². The zero-order valence-corrected chi connectivity index (χ0v) is 17.7. The maximum atomic E-state index is 12.6. The SMILES string of the molecule is CCOc1cc(/C=N/NS(=O)(=O)c2c(C)cc(C)cc2C)cc([N+](=O)[O-])c1OC. The molecule has 0 saturated heterocycles. The molecule has 0 bridgehead atoms. The molecule has 9 nitrogen and oxygen atoms in total. The molecule has 29 heavy (non-hydrogen) atoms. The number of nitrogens with zero attached hydrogens (tertiary/aromatic N) is 2. The van der Waals surface area contributed by atoms with Crippen molar-refractivity contribution in [1.29, 1.82) is 0 Å². The van der Waals surface area contributed by atoms with Crippen LogP contribution in [0.5, 0.6) is 11.5 Å². The summed E-state index contributed by atoms with van der Waals surface area (Å²) in [6.45, 7) is 7.30. The third-order valence-corrected chi connectivity index (χ3v) is 5.55. The van der Waals surface area contributed by atoms with E-state index in [0.717, 1.165) is 5.56 Å². The Kier molecular flexibility index (Phi) is 6.80. The lowest BCUT2D eigenvalue weighted by molar-refractivity contribution is -0.385. The molecule has 2 aromatic rings. The molecule has 0 saturated carbocycles. The van der Waals surface area contributed by atoms with Crippen LogP contribution in [0.3, 0.4) is 0 Å². The van der Waals surface area contributed by atoms with E-state index in [1.807, 2.05) is 6.92 Å². The molecular weight excluding hydrogens is 398 g/mol. The average molecular weight is 421 g/mol. The van der Waals surface area contributed by atoms with Gasteiger partial charge in [0.2, 0.25) is 5.75 Å². The second-order valence-corrected chi connectivity index (χ2v) is 7.94. The summed E-state index contributed by atoms with van der Waals surface area (Å²) in [5, 5.41) is 15.1. The van der Waals surface area contributed by atoms with Crippen molar-refractivity contribution in [2.45, 2.75) is 32.6 Å². The molecule has 1 N–H and O–H groups in total. The molecule has 0 spiro atoms. The molecule has 0 atom stereocenters. The van der Waals surface area contributed by atoms with Gasteiger partial charge in [-0.25, -0.2) is 4.83 Å². The quantitative estimate of drug-likeness (QED) is 0.397. The summed E-state index contributed by atoms with van der Waals surface area (Å²) >= 11 is 0. The molecule has 0 aliphatic heterocycles. The molecule has 0 heterocycles. The number of methoxy groups -OCH3 is 1. The van der Waals surface area contributed by atoms with Crippen molar-refractivity contribution in [2.24, 2.45) is 5.10 Å². The highest BCUT2D eigenvalue weighted by atomic mass is 32.2. The van der Waals surface area contributed by atoms with Gasteiger partial charge in [-0.1, -0.05) is 17.7 Å². The first-order chi connectivity index (χ1) is 13.6. The number of nitro groups is 1. The van der Waals surface area contributed by atoms with Crippen molar-refractivity contribution < 1.29 is 22.8 Å². The van der Waals surface area contributed by atoms with E-state index in [0.29, 0.717) is 11.1 Å². The van der Waals surface area contributed by atoms with Crippen LogP contribution in [0, 0.1) is 30.9 Å². The molecule has 0 aromatic heterocycles. The molecule has 10 heteroatoms. The van der Waals surface area contributed by atoms with Gasteiger partial charge in [-0.15, -0.1) is 0 Å². The number of nitro benzene ring substituents is 1. The van der Waals surface area contributed by atoms with E-state index >= 15 is 0 Å². The molecule has 0 unspecified atom stereocenters. The molecule has 2 rings (SSSR count). The Hall–Kier alpha value is -3.14. The van der Waals surface area contributed by atoms with Crippen LogP contribution in [0.15, 0.2) is 34.3 Å². The monoisotopic (exact) mass is 421 g/mol. The Balaban J connectivity index is 2.38. The fraction of sp³-hybridized carbons (Fsp3) is 0.316. The Morgan fingerprint density at radius 3 is 2.31 bits per heavy atom. The van der Waals surface area contributed by atoms with Gasteiger partial charge in [0, 0.05) is 11.6 Å². The fourth-order valence-corrected chi connectivity index (χ4v) is 4.34. The highest BCUT2D eigenvalue weighted by Crippen LogP contribution is 2.37. The minimum atomic E-state index is -3.91. The minimum Gasteiger partial charge on any atom is -0.490 e. The highest BCUT2D eigenvalue weighted by Gasteiger charge is 2.22. The van der Waals surface area contributed by atoms with Gasteiger partial charge < -0.3 is 9.47 Å². The molecule has 0 amide bonds. The van der Waals surface area contributed by atoms with Crippen LogP contribution in [0.25, 0.3) is 0 Å². The number of nitrogens with one attached hydrogen (secondary N) is 1. The number of ether oxygens (including phenoxy) is 2. The number of hydrazone groups is 1. The number of aryl methyl sites for hydroxylation is 3. The summed E-state index contributed by atoms with van der Waals surface area (Å²) < 4.78 is 35.7. The number of sulfonamides is 1. The Morgan fingerprint density at radius 1 is 1.17 bits per heavy atom. The van der Waals surface area contributed by atoms with Gasteiger partial charge in [0.1, 0.15) is 0 Å². The molecule has 0 aliphatic carbocycles. The first-order valence-corrected chi connectivity index (χ1v) is 10.2. The van der Waals surface area contributed by atoms with Crippen LogP contribution >= 0.6 is 0 Å². The van der Waals surface area contributed by atoms with Crippen LogP contribution in [-0.4, -0.2) is 33.3 Å². The lowest BCUT2D eigenvalue weighted by Crippen LogP contribution is -2.20. The standard InChI is InChI=1S/C19H23N3O6S/c1-6-28-17-10-15(9-16(22(23)24)18(17)27-5)11-20-21-29(25,26)19-13(3)7-12(2)8-14(19)4/h7-11,21H,6H2,1-5H3/b20-11+. The number of hydrogen-bond acceptors (Lipinski definition) is 7. The van der Waals surface area contributed by atoms with Crippen LogP contribution < -0.4 is 14.3 Å². The van der Waals surface area contributed by atoms with E-state index in [-0.39, 0.29) is 34.3 Å². The number of hydrogen-bond donors (Lipinski definition) is 1. The van der Waals surface area contributed by atoms with E-state index < -0.39 is 14.9 Å². The summed E-state index contributed by atoms with van der Waals surface area (Å²) in [7, 11) is -2.60. The maximum absolute atomic E-state index is 12.6. The van der Waals surface area contributed by atoms with Crippen LogP contribution in [0.1, 0.15) is 29.2 Å². The normalized spacial score (nSPS) is 11.5. The fourth-order valence-electron chi connectivity index (χ4n) is 3.09. The van der Waals surface area contributed by atoms with Crippen LogP contribution in [-0.2, 0) is 10.0 Å². The van der Waals surface area contributed by atoms with E-state index in [4.69, 9.17) is 9.47 Å². The van der Waals surface area contributed by atoms with Crippen LogP contribution in [0.2, 0.25) is 0 Å². The van der Waals surface area contributed by atoms with Crippen molar-refractivity contribution in [3.63, 3.8) is 0 Å². The average Bonchev–Trinajstić information content (AvgIpc) is 2.60.